The highest BCUT2D eigenvalue weighted by molar-refractivity contribution is 6.30. The number of pyridine rings is 1. The molecule has 4 heteroatoms. The van der Waals surface area contributed by atoms with Crippen molar-refractivity contribution >= 4 is 11.6 Å². The molecule has 25 heavy (non-hydrogen) atoms. The average molecular weight is 358 g/mol. The lowest BCUT2D eigenvalue weighted by Gasteiger charge is -2.39. The zero-order valence-corrected chi connectivity index (χ0v) is 16.0. The van der Waals surface area contributed by atoms with Gasteiger partial charge in [0.25, 0.3) is 0 Å². The van der Waals surface area contributed by atoms with Crippen LogP contribution in [0.4, 0.5) is 0 Å². The Morgan fingerprint density at radius 3 is 2.68 bits per heavy atom. The second kappa shape index (κ2) is 8.79. The number of benzene rings is 1. The number of hydrogen-bond acceptors (Lipinski definition) is 3. The van der Waals surface area contributed by atoms with E-state index in [4.69, 9.17) is 11.6 Å². The summed E-state index contributed by atoms with van der Waals surface area (Å²) in [5.41, 5.74) is 2.58. The lowest BCUT2D eigenvalue weighted by molar-refractivity contribution is 0.131. The van der Waals surface area contributed by atoms with Gasteiger partial charge < -0.3 is 4.90 Å². The number of rotatable bonds is 6. The molecule has 0 amide bonds. The first-order valence-corrected chi connectivity index (χ1v) is 9.59. The van der Waals surface area contributed by atoms with E-state index in [9.17, 15) is 0 Å². The molecule has 2 atom stereocenters. The van der Waals surface area contributed by atoms with Crippen LogP contribution in [0.1, 0.15) is 30.5 Å². The maximum Gasteiger partial charge on any atom is 0.0543 e. The Bertz CT molecular complexity index is 644. The van der Waals surface area contributed by atoms with Crippen LogP contribution in [0.25, 0.3) is 0 Å². The van der Waals surface area contributed by atoms with Crippen LogP contribution in [-0.4, -0.2) is 48.0 Å². The van der Waals surface area contributed by atoms with Crippen LogP contribution in [0.3, 0.4) is 0 Å². The topological polar surface area (TPSA) is 19.4 Å². The highest BCUT2D eigenvalue weighted by Gasteiger charge is 2.30. The van der Waals surface area contributed by atoms with Crippen molar-refractivity contribution in [3.63, 3.8) is 0 Å². The Morgan fingerprint density at radius 1 is 1.20 bits per heavy atom. The minimum Gasteiger partial charge on any atom is -0.306 e. The summed E-state index contributed by atoms with van der Waals surface area (Å²) in [5, 5.41) is 0.818. The lowest BCUT2D eigenvalue weighted by Crippen LogP contribution is -2.43. The minimum absolute atomic E-state index is 0.603. The van der Waals surface area contributed by atoms with E-state index in [0.29, 0.717) is 11.8 Å². The number of aromatic nitrogens is 1. The van der Waals surface area contributed by atoms with E-state index in [2.05, 4.69) is 53.0 Å². The Balaban J connectivity index is 1.72. The van der Waals surface area contributed by atoms with Gasteiger partial charge in [0, 0.05) is 30.9 Å². The van der Waals surface area contributed by atoms with Gasteiger partial charge in [-0.25, -0.2) is 0 Å². The standard InChI is InChI=1S/C21H28ClN3/c1-3-25(16-20-6-4-5-12-23-20)15-18-14-24(2)13-11-21(18)17-7-9-19(22)10-8-17/h4-10,12,18,21H,3,11,13-16H2,1-2H3. The first-order valence-electron chi connectivity index (χ1n) is 9.22. The van der Waals surface area contributed by atoms with Crippen molar-refractivity contribution in [2.45, 2.75) is 25.8 Å². The molecular weight excluding hydrogens is 330 g/mol. The zero-order chi connectivity index (χ0) is 17.6. The predicted molar refractivity (Wildman–Crippen MR) is 105 cm³/mol. The van der Waals surface area contributed by atoms with Gasteiger partial charge >= 0.3 is 0 Å². The molecule has 0 radical (unpaired) electrons. The highest BCUT2D eigenvalue weighted by Crippen LogP contribution is 2.34. The summed E-state index contributed by atoms with van der Waals surface area (Å²) < 4.78 is 0. The zero-order valence-electron chi connectivity index (χ0n) is 15.2. The summed E-state index contributed by atoms with van der Waals surface area (Å²) in [4.78, 5) is 9.48. The van der Waals surface area contributed by atoms with E-state index in [-0.39, 0.29) is 0 Å². The van der Waals surface area contributed by atoms with Crippen molar-refractivity contribution in [3.8, 4) is 0 Å². The molecule has 0 spiro atoms. The van der Waals surface area contributed by atoms with Crippen LogP contribution in [0.2, 0.25) is 5.02 Å². The van der Waals surface area contributed by atoms with E-state index in [1.54, 1.807) is 0 Å². The van der Waals surface area contributed by atoms with Gasteiger partial charge in [0.05, 0.1) is 5.69 Å². The second-order valence-corrected chi connectivity index (χ2v) is 7.55. The van der Waals surface area contributed by atoms with Crippen molar-refractivity contribution in [1.29, 1.82) is 0 Å². The molecule has 2 unspecified atom stereocenters. The van der Waals surface area contributed by atoms with Crippen LogP contribution in [0, 0.1) is 5.92 Å². The smallest absolute Gasteiger partial charge is 0.0543 e. The summed E-state index contributed by atoms with van der Waals surface area (Å²) in [5.74, 6) is 1.23. The molecule has 0 saturated carbocycles. The fourth-order valence-electron chi connectivity index (χ4n) is 3.91. The van der Waals surface area contributed by atoms with Gasteiger partial charge in [0.1, 0.15) is 0 Å². The first-order chi connectivity index (χ1) is 12.2. The van der Waals surface area contributed by atoms with Crippen LogP contribution >= 0.6 is 11.6 Å². The number of likely N-dealkylation sites (tertiary alicyclic amines) is 1. The summed E-state index contributed by atoms with van der Waals surface area (Å²) in [6, 6.07) is 14.6. The van der Waals surface area contributed by atoms with E-state index >= 15 is 0 Å². The highest BCUT2D eigenvalue weighted by atomic mass is 35.5. The lowest BCUT2D eigenvalue weighted by atomic mass is 9.80. The van der Waals surface area contributed by atoms with Gasteiger partial charge in [-0.2, -0.15) is 0 Å². The van der Waals surface area contributed by atoms with Gasteiger partial charge in [-0.3, -0.25) is 9.88 Å². The van der Waals surface area contributed by atoms with E-state index in [0.717, 1.165) is 43.4 Å². The Hall–Kier alpha value is -1.42. The SMILES string of the molecule is CCN(Cc1ccccn1)CC1CN(C)CCC1c1ccc(Cl)cc1. The predicted octanol–water partition coefficient (Wildman–Crippen LogP) is 4.29. The quantitative estimate of drug-likeness (QED) is 0.768. The Labute approximate surface area is 156 Å². The first kappa shape index (κ1) is 18.4. The van der Waals surface area contributed by atoms with Crippen molar-refractivity contribution < 1.29 is 0 Å². The molecule has 1 aliphatic heterocycles. The molecule has 1 aliphatic rings. The number of hydrogen-bond donors (Lipinski definition) is 0. The van der Waals surface area contributed by atoms with Crippen molar-refractivity contribution in [2.24, 2.45) is 5.92 Å². The average Bonchev–Trinajstić information content (AvgIpc) is 2.63. The van der Waals surface area contributed by atoms with E-state index in [1.807, 2.05) is 24.4 Å². The third-order valence-electron chi connectivity index (χ3n) is 5.29. The van der Waals surface area contributed by atoms with Crippen molar-refractivity contribution in [3.05, 3.63) is 64.9 Å². The number of halogens is 1. The number of piperidine rings is 1. The third kappa shape index (κ3) is 5.04. The molecule has 2 aromatic rings. The van der Waals surface area contributed by atoms with Crippen molar-refractivity contribution in [1.82, 2.24) is 14.8 Å². The molecular formula is C21H28ClN3. The minimum atomic E-state index is 0.603. The molecule has 2 heterocycles. The number of nitrogens with zero attached hydrogens (tertiary/aromatic N) is 3. The summed E-state index contributed by atoms with van der Waals surface area (Å²) in [6.45, 7) is 7.62. The molecule has 134 valence electrons. The van der Waals surface area contributed by atoms with Gasteiger partial charge in [-0.15, -0.1) is 0 Å². The monoisotopic (exact) mass is 357 g/mol. The Kier molecular flexibility index (Phi) is 6.46. The van der Waals surface area contributed by atoms with Gasteiger partial charge in [0.15, 0.2) is 0 Å². The Morgan fingerprint density at radius 2 is 2.00 bits per heavy atom. The van der Waals surface area contributed by atoms with Gasteiger partial charge in [-0.1, -0.05) is 36.7 Å². The van der Waals surface area contributed by atoms with Crippen molar-refractivity contribution in [2.75, 3.05) is 33.2 Å². The maximum absolute atomic E-state index is 6.08. The third-order valence-corrected chi connectivity index (χ3v) is 5.54. The fraction of sp³-hybridized carbons (Fsp3) is 0.476. The molecule has 1 aromatic heterocycles. The fourth-order valence-corrected chi connectivity index (χ4v) is 4.03. The van der Waals surface area contributed by atoms with Crippen LogP contribution in [0.5, 0.6) is 0 Å². The summed E-state index contributed by atoms with van der Waals surface area (Å²) >= 11 is 6.08. The molecule has 0 bridgehead atoms. The molecule has 0 aliphatic carbocycles. The van der Waals surface area contributed by atoms with Crippen LogP contribution < -0.4 is 0 Å². The second-order valence-electron chi connectivity index (χ2n) is 7.12. The summed E-state index contributed by atoms with van der Waals surface area (Å²) in [7, 11) is 2.24. The van der Waals surface area contributed by atoms with Gasteiger partial charge in [0.2, 0.25) is 0 Å². The molecule has 1 fully saturated rings. The maximum atomic E-state index is 6.08. The molecule has 0 N–H and O–H groups in total. The molecule has 1 saturated heterocycles. The molecule has 1 aromatic carbocycles. The van der Waals surface area contributed by atoms with Crippen LogP contribution in [-0.2, 0) is 6.54 Å². The van der Waals surface area contributed by atoms with Gasteiger partial charge in [-0.05, 0) is 68.2 Å². The summed E-state index contributed by atoms with van der Waals surface area (Å²) in [6.07, 6.45) is 3.10. The van der Waals surface area contributed by atoms with Crippen LogP contribution in [0.15, 0.2) is 48.7 Å². The van der Waals surface area contributed by atoms with E-state index < -0.39 is 0 Å². The molecule has 3 nitrogen and oxygen atoms in total. The molecule has 3 rings (SSSR count). The normalized spacial score (nSPS) is 21.6. The van der Waals surface area contributed by atoms with E-state index in [1.165, 1.54) is 12.0 Å². The largest absolute Gasteiger partial charge is 0.306 e.